The molecule has 0 aliphatic rings. The Balaban J connectivity index is 1.45. The fraction of sp³-hybridized carbons (Fsp3) is 0.292. The molecule has 4 aromatic rings. The summed E-state index contributed by atoms with van der Waals surface area (Å²) in [5.74, 6) is 0.292. The maximum Gasteiger partial charge on any atom is 0.264 e. The molecule has 32 heavy (non-hydrogen) atoms. The van der Waals surface area contributed by atoms with E-state index in [1.807, 2.05) is 24.3 Å². The molecule has 0 aliphatic carbocycles. The van der Waals surface area contributed by atoms with E-state index in [0.29, 0.717) is 22.5 Å². The van der Waals surface area contributed by atoms with Crippen LogP contribution in [0.4, 0.5) is 4.39 Å². The number of benzene rings is 2. The van der Waals surface area contributed by atoms with Crippen molar-refractivity contribution >= 4 is 11.0 Å². The van der Waals surface area contributed by atoms with Crippen molar-refractivity contribution in [3.63, 3.8) is 0 Å². The number of hydrogen-bond acceptors (Lipinski definition) is 5. The number of aromatic nitrogens is 4. The molecule has 166 valence electrons. The molecule has 0 bridgehead atoms. The average molecular weight is 436 g/mol. The fourth-order valence-corrected chi connectivity index (χ4v) is 3.37. The van der Waals surface area contributed by atoms with E-state index in [9.17, 15) is 14.3 Å². The van der Waals surface area contributed by atoms with Gasteiger partial charge in [-0.05, 0) is 47.4 Å². The lowest BCUT2D eigenvalue weighted by molar-refractivity contribution is 0.0914. The Morgan fingerprint density at radius 1 is 1.09 bits per heavy atom. The van der Waals surface area contributed by atoms with Gasteiger partial charge in [-0.25, -0.2) is 14.1 Å². The van der Waals surface area contributed by atoms with Gasteiger partial charge in [-0.3, -0.25) is 9.36 Å². The third kappa shape index (κ3) is 4.55. The van der Waals surface area contributed by atoms with Crippen LogP contribution in [0.15, 0.2) is 65.8 Å². The van der Waals surface area contributed by atoms with Crippen LogP contribution < -0.4 is 10.3 Å². The average Bonchev–Trinajstić information content (AvgIpc) is 3.19. The van der Waals surface area contributed by atoms with Gasteiger partial charge in [0.05, 0.1) is 18.4 Å². The molecule has 0 fully saturated rings. The maximum atomic E-state index is 13.2. The number of fused-ring (bicyclic) bond motifs is 1. The lowest BCUT2D eigenvalue weighted by Gasteiger charge is -2.19. The summed E-state index contributed by atoms with van der Waals surface area (Å²) in [6, 6.07) is 13.5. The second-order valence-electron chi connectivity index (χ2n) is 8.71. The van der Waals surface area contributed by atoms with E-state index in [1.165, 1.54) is 39.5 Å². The van der Waals surface area contributed by atoms with E-state index >= 15 is 0 Å². The van der Waals surface area contributed by atoms with E-state index in [1.54, 1.807) is 12.1 Å². The standard InChI is InChI=1S/C24H25FN4O3/c1-24(2,3)16-4-10-20(11-5-16)32-14-19(30)13-28-15-26-22-21(23(28)31)12-27-29(22)18-8-6-17(25)7-9-18/h4-12,15,19,30H,13-14H2,1-3H3/t19-/m1/s1. The van der Waals surface area contributed by atoms with E-state index < -0.39 is 6.10 Å². The van der Waals surface area contributed by atoms with Gasteiger partial charge >= 0.3 is 0 Å². The molecule has 1 N–H and O–H groups in total. The summed E-state index contributed by atoms with van der Waals surface area (Å²) in [6.07, 6.45) is 1.89. The van der Waals surface area contributed by atoms with Gasteiger partial charge in [-0.15, -0.1) is 0 Å². The Bertz CT molecular complexity index is 1270. The molecule has 0 radical (unpaired) electrons. The molecule has 0 spiro atoms. The molecule has 4 rings (SSSR count). The summed E-state index contributed by atoms with van der Waals surface area (Å²) in [5.41, 5.74) is 1.88. The zero-order valence-electron chi connectivity index (χ0n) is 18.2. The summed E-state index contributed by atoms with van der Waals surface area (Å²) in [7, 11) is 0. The molecule has 7 nitrogen and oxygen atoms in total. The number of aliphatic hydroxyl groups is 1. The van der Waals surface area contributed by atoms with Crippen LogP contribution in [0.3, 0.4) is 0 Å². The molecule has 0 unspecified atom stereocenters. The van der Waals surface area contributed by atoms with Crippen molar-refractivity contribution in [1.29, 1.82) is 0 Å². The second kappa shape index (κ2) is 8.55. The van der Waals surface area contributed by atoms with Crippen LogP contribution in [0.5, 0.6) is 5.75 Å². The Labute approximate surface area is 184 Å². The van der Waals surface area contributed by atoms with Crippen LogP contribution in [0, 0.1) is 5.82 Å². The van der Waals surface area contributed by atoms with Crippen molar-refractivity contribution in [2.75, 3.05) is 6.61 Å². The van der Waals surface area contributed by atoms with Crippen molar-refractivity contribution in [2.45, 2.75) is 38.8 Å². The summed E-state index contributed by atoms with van der Waals surface area (Å²) < 4.78 is 21.7. The number of hydrogen-bond donors (Lipinski definition) is 1. The quantitative estimate of drug-likeness (QED) is 0.501. The highest BCUT2D eigenvalue weighted by Crippen LogP contribution is 2.24. The first-order valence-electron chi connectivity index (χ1n) is 10.3. The number of rotatable bonds is 6. The summed E-state index contributed by atoms with van der Waals surface area (Å²) in [5, 5.41) is 14.9. The van der Waals surface area contributed by atoms with Crippen molar-refractivity contribution in [3.8, 4) is 11.4 Å². The molecule has 1 atom stereocenters. The molecule has 2 heterocycles. The number of ether oxygens (including phenoxy) is 1. The van der Waals surface area contributed by atoms with Crippen LogP contribution in [-0.4, -0.2) is 37.1 Å². The number of halogens is 1. The minimum Gasteiger partial charge on any atom is -0.491 e. The van der Waals surface area contributed by atoms with E-state index in [4.69, 9.17) is 4.74 Å². The topological polar surface area (TPSA) is 82.2 Å². The first-order valence-corrected chi connectivity index (χ1v) is 10.3. The Morgan fingerprint density at radius 2 is 1.78 bits per heavy atom. The largest absolute Gasteiger partial charge is 0.491 e. The predicted octanol–water partition coefficient (Wildman–Crippen LogP) is 3.46. The lowest BCUT2D eigenvalue weighted by atomic mass is 9.87. The molecule has 2 aromatic heterocycles. The second-order valence-corrected chi connectivity index (χ2v) is 8.71. The van der Waals surface area contributed by atoms with E-state index in [0.717, 1.165) is 0 Å². The van der Waals surface area contributed by atoms with Gasteiger partial charge < -0.3 is 9.84 Å². The van der Waals surface area contributed by atoms with E-state index in [2.05, 4.69) is 30.9 Å². The zero-order valence-corrected chi connectivity index (χ0v) is 18.2. The lowest BCUT2D eigenvalue weighted by Crippen LogP contribution is -2.30. The first kappa shape index (κ1) is 21.7. The Morgan fingerprint density at radius 3 is 2.44 bits per heavy atom. The smallest absolute Gasteiger partial charge is 0.264 e. The van der Waals surface area contributed by atoms with Crippen molar-refractivity contribution < 1.29 is 14.2 Å². The molecule has 8 heteroatoms. The van der Waals surface area contributed by atoms with Crippen LogP contribution in [0.1, 0.15) is 26.3 Å². The Hall–Kier alpha value is -3.52. The van der Waals surface area contributed by atoms with E-state index in [-0.39, 0.29) is 29.9 Å². The van der Waals surface area contributed by atoms with Crippen molar-refractivity contribution in [1.82, 2.24) is 19.3 Å². The van der Waals surface area contributed by atoms with Gasteiger partial charge in [0.1, 0.15) is 36.0 Å². The zero-order chi connectivity index (χ0) is 22.9. The molecule has 0 saturated carbocycles. The predicted molar refractivity (Wildman–Crippen MR) is 120 cm³/mol. The SMILES string of the molecule is CC(C)(C)c1ccc(OC[C@H](O)Cn2cnc3c(cnn3-c3ccc(F)cc3)c2=O)cc1. The van der Waals surface area contributed by atoms with Crippen LogP contribution in [0.2, 0.25) is 0 Å². The van der Waals surface area contributed by atoms with Crippen LogP contribution >= 0.6 is 0 Å². The minimum atomic E-state index is -0.901. The highest BCUT2D eigenvalue weighted by Gasteiger charge is 2.15. The highest BCUT2D eigenvalue weighted by molar-refractivity contribution is 5.74. The van der Waals surface area contributed by atoms with Gasteiger partial charge in [0, 0.05) is 0 Å². The summed E-state index contributed by atoms with van der Waals surface area (Å²) in [6.45, 7) is 6.48. The monoisotopic (exact) mass is 436 g/mol. The highest BCUT2D eigenvalue weighted by atomic mass is 19.1. The van der Waals surface area contributed by atoms with Gasteiger partial charge in [-0.2, -0.15) is 5.10 Å². The molecular formula is C24H25FN4O3. The van der Waals surface area contributed by atoms with Crippen molar-refractivity contribution in [2.24, 2.45) is 0 Å². The third-order valence-electron chi connectivity index (χ3n) is 5.20. The summed E-state index contributed by atoms with van der Waals surface area (Å²) >= 11 is 0. The molecule has 0 amide bonds. The third-order valence-corrected chi connectivity index (χ3v) is 5.20. The molecule has 0 aliphatic heterocycles. The van der Waals surface area contributed by atoms with Gasteiger partial charge in [0.2, 0.25) is 0 Å². The number of aliphatic hydroxyl groups excluding tert-OH is 1. The molecule has 0 saturated heterocycles. The van der Waals surface area contributed by atoms with Gasteiger partial charge in [-0.1, -0.05) is 32.9 Å². The van der Waals surface area contributed by atoms with Crippen LogP contribution in [0.25, 0.3) is 16.7 Å². The van der Waals surface area contributed by atoms with Gasteiger partial charge in [0.15, 0.2) is 5.65 Å². The Kier molecular flexibility index (Phi) is 5.80. The number of nitrogens with zero attached hydrogens (tertiary/aromatic N) is 4. The van der Waals surface area contributed by atoms with Gasteiger partial charge in [0.25, 0.3) is 5.56 Å². The fourth-order valence-electron chi connectivity index (χ4n) is 3.37. The minimum absolute atomic E-state index is 0.0313. The van der Waals surface area contributed by atoms with Crippen molar-refractivity contribution in [3.05, 3.63) is 82.8 Å². The summed E-state index contributed by atoms with van der Waals surface area (Å²) in [4.78, 5) is 17.1. The van der Waals surface area contributed by atoms with Crippen LogP contribution in [-0.2, 0) is 12.0 Å². The molecule has 2 aromatic carbocycles. The maximum absolute atomic E-state index is 13.2. The molecular weight excluding hydrogens is 411 g/mol. The normalized spacial score (nSPS) is 12.8. The first-order chi connectivity index (χ1) is 15.2.